The Labute approximate surface area is 229 Å². The van der Waals surface area contributed by atoms with Gasteiger partial charge in [-0.3, -0.25) is 10.2 Å². The summed E-state index contributed by atoms with van der Waals surface area (Å²) >= 11 is 0. The minimum atomic E-state index is -4.59. The van der Waals surface area contributed by atoms with Crippen molar-refractivity contribution in [3.63, 3.8) is 0 Å². The van der Waals surface area contributed by atoms with E-state index in [0.717, 1.165) is 25.1 Å². The lowest BCUT2D eigenvalue weighted by molar-refractivity contribution is -0.166. The molecule has 2 N–H and O–H groups in total. The van der Waals surface area contributed by atoms with Crippen LogP contribution in [0, 0.1) is 12.3 Å². The van der Waals surface area contributed by atoms with Crippen molar-refractivity contribution in [2.75, 3.05) is 40.1 Å². The number of fused-ring (bicyclic) bond motifs is 4. The lowest BCUT2D eigenvalue weighted by Crippen LogP contribution is -2.48. The zero-order valence-corrected chi connectivity index (χ0v) is 21.2. The summed E-state index contributed by atoms with van der Waals surface area (Å²) < 4.78 is 40.2. The van der Waals surface area contributed by atoms with Crippen LogP contribution in [0.4, 0.5) is 41.2 Å². The van der Waals surface area contributed by atoms with Gasteiger partial charge in [-0.15, -0.1) is 22.6 Å². The van der Waals surface area contributed by atoms with Crippen LogP contribution in [-0.4, -0.2) is 52.8 Å². The molecule has 40 heavy (non-hydrogen) atoms. The first-order valence-electron chi connectivity index (χ1n) is 12.8. The fourth-order valence-electron chi connectivity index (χ4n) is 5.02. The summed E-state index contributed by atoms with van der Waals surface area (Å²) in [5, 5.41) is 12.5. The molecule has 2 bridgehead atoms. The molecule has 0 unspecified atom stereocenters. The normalized spacial score (nSPS) is 18.2. The third-order valence-corrected chi connectivity index (χ3v) is 7.12. The second-order valence-corrected chi connectivity index (χ2v) is 9.68. The van der Waals surface area contributed by atoms with E-state index in [9.17, 15) is 18.0 Å². The summed E-state index contributed by atoms with van der Waals surface area (Å²) in [5.41, 5.74) is -0.587. The molecule has 1 atom stereocenters. The first-order valence-corrected chi connectivity index (χ1v) is 12.8. The number of pyridine rings is 1. The molecule has 3 aliphatic rings. The van der Waals surface area contributed by atoms with Gasteiger partial charge in [0.25, 0.3) is 0 Å². The average molecular weight is 550 g/mol. The number of hydrogen-bond acceptors (Lipinski definition) is 8. The van der Waals surface area contributed by atoms with E-state index in [1.807, 2.05) is 6.07 Å². The second kappa shape index (κ2) is 9.78. The highest BCUT2D eigenvalue weighted by atomic mass is 19.4. The van der Waals surface area contributed by atoms with Crippen molar-refractivity contribution < 1.29 is 19.4 Å². The summed E-state index contributed by atoms with van der Waals surface area (Å²) in [7, 11) is 0. The van der Waals surface area contributed by atoms with Crippen LogP contribution < -0.4 is 20.4 Å². The molecule has 5 heterocycles. The van der Waals surface area contributed by atoms with Gasteiger partial charge >= 0.3 is 17.9 Å². The van der Waals surface area contributed by atoms with Crippen molar-refractivity contribution >= 4 is 29.3 Å². The van der Waals surface area contributed by atoms with Gasteiger partial charge in [-0.2, -0.15) is 18.2 Å². The van der Waals surface area contributed by atoms with Gasteiger partial charge in [-0.05, 0) is 31.0 Å². The van der Waals surface area contributed by atoms with Crippen molar-refractivity contribution in [3.8, 4) is 23.6 Å². The van der Waals surface area contributed by atoms with Gasteiger partial charge in [0.1, 0.15) is 5.82 Å². The summed E-state index contributed by atoms with van der Waals surface area (Å²) in [5.74, 6) is 3.77. The van der Waals surface area contributed by atoms with Gasteiger partial charge in [-0.25, -0.2) is 14.8 Å². The Morgan fingerprint density at radius 1 is 1.15 bits per heavy atom. The highest BCUT2D eigenvalue weighted by molar-refractivity contribution is 6.04. The van der Waals surface area contributed by atoms with Crippen LogP contribution >= 0.6 is 0 Å². The molecule has 0 spiro atoms. The Hall–Kier alpha value is -4.73. The number of halogens is 3. The highest BCUT2D eigenvalue weighted by Gasteiger charge is 2.65. The van der Waals surface area contributed by atoms with E-state index in [1.165, 1.54) is 12.1 Å². The number of terminal acetylenes is 1. The molecule has 2 amide bonds. The Balaban J connectivity index is 0.00000337. The number of urea groups is 1. The average Bonchev–Trinajstić information content (AvgIpc) is 3.68. The van der Waals surface area contributed by atoms with E-state index in [2.05, 4.69) is 41.7 Å². The number of alkyl halides is 3. The predicted octanol–water partition coefficient (Wildman–Crippen LogP) is 5.42. The largest absolute Gasteiger partial charge is 0.442 e. The van der Waals surface area contributed by atoms with Crippen LogP contribution in [0.15, 0.2) is 58.9 Å². The number of aromatic nitrogens is 3. The third-order valence-electron chi connectivity index (χ3n) is 7.12. The molecule has 1 fully saturated rings. The molecule has 1 aromatic carbocycles. The lowest BCUT2D eigenvalue weighted by atomic mass is 10.00. The maximum absolute atomic E-state index is 13.6. The first kappa shape index (κ1) is 25.5. The third kappa shape index (κ3) is 4.55. The molecule has 3 aromatic rings. The first-order chi connectivity index (χ1) is 19.3. The number of nitrogens with one attached hydrogen (secondary N) is 2. The molecule has 0 saturated carbocycles. The smallest absolute Gasteiger partial charge is 0.366 e. The SMILES string of the molecule is C#CCCCNc1nccc(NC(=O)N2c3nc(-c4ccc(C5(C(F)(F)F)N=N5)cc4)ccc3N3CC[C@H]2C3)n1.[HH]. The molecule has 206 valence electrons. The van der Waals surface area contributed by atoms with Gasteiger partial charge in [0.05, 0.1) is 17.4 Å². The molecule has 10 nitrogen and oxygen atoms in total. The molecule has 3 aliphatic heterocycles. The van der Waals surface area contributed by atoms with E-state index in [-0.39, 0.29) is 19.1 Å². The highest BCUT2D eigenvalue weighted by Crippen LogP contribution is 2.52. The molecule has 2 aromatic heterocycles. The quantitative estimate of drug-likeness (QED) is 0.301. The van der Waals surface area contributed by atoms with Crippen molar-refractivity contribution in [2.45, 2.75) is 37.1 Å². The van der Waals surface area contributed by atoms with Gasteiger partial charge in [0.15, 0.2) is 5.82 Å². The van der Waals surface area contributed by atoms with Crippen LogP contribution in [0.2, 0.25) is 0 Å². The van der Waals surface area contributed by atoms with E-state index < -0.39 is 11.8 Å². The number of amides is 2. The number of carbonyl (C=O) groups excluding carboxylic acids is 1. The molecular weight excluding hydrogens is 523 g/mol. The molecule has 6 rings (SSSR count). The minimum Gasteiger partial charge on any atom is -0.366 e. The maximum Gasteiger partial charge on any atom is 0.442 e. The topological polar surface area (TPSA) is 111 Å². The van der Waals surface area contributed by atoms with E-state index >= 15 is 0 Å². The van der Waals surface area contributed by atoms with E-state index in [1.54, 1.807) is 35.4 Å². The Morgan fingerprint density at radius 2 is 1.95 bits per heavy atom. The van der Waals surface area contributed by atoms with Gasteiger partial charge in [-0.1, -0.05) is 24.3 Å². The predicted molar refractivity (Wildman–Crippen MR) is 145 cm³/mol. The number of unbranched alkanes of at least 4 members (excludes halogenated alkanes) is 1. The van der Waals surface area contributed by atoms with Crippen molar-refractivity contribution in [1.29, 1.82) is 0 Å². The minimum absolute atomic E-state index is 0. The fraction of sp³-hybridized carbons (Fsp3) is 0.333. The lowest BCUT2D eigenvalue weighted by Gasteiger charge is -2.35. The fourth-order valence-corrected chi connectivity index (χ4v) is 5.02. The number of hydrogen-bond donors (Lipinski definition) is 2. The van der Waals surface area contributed by atoms with Crippen LogP contribution in [0.25, 0.3) is 11.3 Å². The summed E-state index contributed by atoms with van der Waals surface area (Å²) in [6, 6.07) is 10.6. The molecule has 1 saturated heterocycles. The van der Waals surface area contributed by atoms with Crippen molar-refractivity contribution in [1.82, 2.24) is 15.0 Å². The molecular formula is C27H26F3N9O. The Bertz CT molecular complexity index is 1520. The Morgan fingerprint density at radius 3 is 2.67 bits per heavy atom. The standard InChI is InChI=1S/C27H24F3N9O.H2/c1-2-3-4-13-31-24-32-14-11-22(34-24)35-25(40)39-19-12-15-38(16-19)21-10-9-20(33-23(21)39)17-5-7-18(8-6-17)26(36-37-26)27(28,29)30;/h1,5-11,14,19H,3-4,12-13,15-16H2,(H2,31,32,34,35,40);1H/t19-;/m0./s1. The monoisotopic (exact) mass is 549 g/mol. The maximum atomic E-state index is 13.6. The Kier molecular flexibility index (Phi) is 6.25. The number of benzene rings is 1. The van der Waals surface area contributed by atoms with E-state index in [4.69, 9.17) is 11.4 Å². The van der Waals surface area contributed by atoms with Crippen LogP contribution in [0.1, 0.15) is 26.3 Å². The van der Waals surface area contributed by atoms with Gasteiger partial charge in [0, 0.05) is 44.8 Å². The number of anilines is 4. The van der Waals surface area contributed by atoms with Crippen LogP contribution in [-0.2, 0) is 5.66 Å². The molecule has 0 aliphatic carbocycles. The zero-order valence-electron chi connectivity index (χ0n) is 21.2. The second-order valence-electron chi connectivity index (χ2n) is 9.68. The number of rotatable bonds is 7. The molecule has 13 heteroatoms. The summed E-state index contributed by atoms with van der Waals surface area (Å²) in [4.78, 5) is 30.7. The van der Waals surface area contributed by atoms with Crippen molar-refractivity contribution in [3.05, 3.63) is 54.2 Å². The van der Waals surface area contributed by atoms with Crippen LogP contribution in [0.3, 0.4) is 0 Å². The summed E-state index contributed by atoms with van der Waals surface area (Å²) in [6.07, 6.45) is 4.42. The zero-order chi connectivity index (χ0) is 27.9. The van der Waals surface area contributed by atoms with E-state index in [0.29, 0.717) is 48.4 Å². The number of nitrogens with zero attached hydrogens (tertiary/aromatic N) is 7. The van der Waals surface area contributed by atoms with Crippen LogP contribution in [0.5, 0.6) is 0 Å². The van der Waals surface area contributed by atoms with Crippen molar-refractivity contribution in [2.24, 2.45) is 10.2 Å². The summed E-state index contributed by atoms with van der Waals surface area (Å²) in [6.45, 7) is 2.06. The number of carbonyl (C=O) groups is 1. The molecule has 0 radical (unpaired) electrons. The van der Waals surface area contributed by atoms with Gasteiger partial charge < -0.3 is 10.2 Å². The van der Waals surface area contributed by atoms with Gasteiger partial charge in [0.2, 0.25) is 5.95 Å².